The van der Waals surface area contributed by atoms with Crippen LogP contribution in [0, 0.1) is 5.92 Å². The molecular weight excluding hydrogens is 290 g/mol. The summed E-state index contributed by atoms with van der Waals surface area (Å²) in [7, 11) is 0. The van der Waals surface area contributed by atoms with E-state index in [1.165, 1.54) is 25.9 Å². The number of hydrogen-bond acceptors (Lipinski definition) is 4. The average molecular weight is 311 g/mol. The molecule has 1 aromatic heterocycles. The van der Waals surface area contributed by atoms with Crippen molar-refractivity contribution in [3.63, 3.8) is 0 Å². The van der Waals surface area contributed by atoms with Crippen molar-refractivity contribution >= 4 is 17.0 Å². The van der Waals surface area contributed by atoms with Crippen molar-refractivity contribution in [2.75, 3.05) is 19.6 Å². The maximum atomic E-state index is 12.8. The van der Waals surface area contributed by atoms with Crippen molar-refractivity contribution in [1.29, 1.82) is 0 Å². The Hall–Kier alpha value is -1.88. The molecule has 5 nitrogen and oxygen atoms in total. The molecule has 1 atom stereocenters. The van der Waals surface area contributed by atoms with Crippen LogP contribution >= 0.6 is 0 Å². The second kappa shape index (κ2) is 5.06. The minimum atomic E-state index is -0.00926. The van der Waals surface area contributed by atoms with Gasteiger partial charge in [0.05, 0.1) is 5.56 Å². The lowest BCUT2D eigenvalue weighted by molar-refractivity contribution is 0.0621. The van der Waals surface area contributed by atoms with Gasteiger partial charge in [-0.2, -0.15) is 0 Å². The van der Waals surface area contributed by atoms with E-state index >= 15 is 0 Å². The minimum absolute atomic E-state index is 0.00926. The van der Waals surface area contributed by atoms with Crippen LogP contribution in [0.3, 0.4) is 0 Å². The number of carbonyl (C=O) groups excluding carboxylic acids is 1. The van der Waals surface area contributed by atoms with Crippen molar-refractivity contribution in [2.24, 2.45) is 5.92 Å². The first-order chi connectivity index (χ1) is 11.3. The molecule has 4 fully saturated rings. The van der Waals surface area contributed by atoms with Crippen molar-refractivity contribution in [3.05, 3.63) is 29.7 Å². The topological polar surface area (TPSA) is 58.4 Å². The van der Waals surface area contributed by atoms with Crippen molar-refractivity contribution in [1.82, 2.24) is 15.2 Å². The quantitative estimate of drug-likeness (QED) is 0.946. The number of nitrogens with zero attached hydrogens (tertiary/aromatic N) is 2. The molecule has 4 heterocycles. The maximum absolute atomic E-state index is 12.8. The molecule has 0 radical (unpaired) electrons. The van der Waals surface area contributed by atoms with Crippen LogP contribution in [-0.2, 0) is 0 Å². The highest BCUT2D eigenvalue weighted by Gasteiger charge is 2.35. The highest BCUT2D eigenvalue weighted by molar-refractivity contribution is 6.04. The second-order valence-electron chi connectivity index (χ2n) is 7.20. The van der Waals surface area contributed by atoms with Gasteiger partial charge in [0.1, 0.15) is 5.52 Å². The second-order valence-corrected chi connectivity index (χ2v) is 7.20. The summed E-state index contributed by atoms with van der Waals surface area (Å²) in [5.41, 5.74) is 2.09. The Labute approximate surface area is 135 Å². The number of piperidine rings is 3. The Bertz CT molecular complexity index is 757. The zero-order chi connectivity index (χ0) is 15.4. The van der Waals surface area contributed by atoms with E-state index in [-0.39, 0.29) is 11.9 Å². The molecule has 3 saturated heterocycles. The summed E-state index contributed by atoms with van der Waals surface area (Å²) in [4.78, 5) is 19.8. The molecule has 4 aliphatic rings. The first-order valence-electron chi connectivity index (χ1n) is 8.70. The summed E-state index contributed by atoms with van der Waals surface area (Å²) < 4.78 is 5.82. The first kappa shape index (κ1) is 13.5. The van der Waals surface area contributed by atoms with Gasteiger partial charge in [0.15, 0.2) is 11.5 Å². The fourth-order valence-corrected chi connectivity index (χ4v) is 4.03. The van der Waals surface area contributed by atoms with Crippen molar-refractivity contribution in [2.45, 2.75) is 37.6 Å². The smallest absolute Gasteiger partial charge is 0.253 e. The molecule has 0 spiro atoms. The number of para-hydroxylation sites is 1. The number of fused-ring (bicyclic) bond motifs is 4. The standard InChI is InChI=1S/C18H21N3O2/c22-17(19-14-10-21-8-6-11(14)7-9-21)13-2-1-3-15-16(13)20-18(23-15)12-4-5-12/h1-3,11-12,14H,4-10H2,(H,19,22). The molecule has 120 valence electrons. The number of amides is 1. The fourth-order valence-electron chi connectivity index (χ4n) is 4.03. The monoisotopic (exact) mass is 311 g/mol. The predicted molar refractivity (Wildman–Crippen MR) is 86.4 cm³/mol. The normalized spacial score (nSPS) is 29.8. The zero-order valence-corrected chi connectivity index (χ0v) is 13.1. The number of benzene rings is 1. The Morgan fingerprint density at radius 1 is 1.22 bits per heavy atom. The summed E-state index contributed by atoms with van der Waals surface area (Å²) in [6.45, 7) is 3.35. The van der Waals surface area contributed by atoms with Gasteiger partial charge in [0.25, 0.3) is 5.91 Å². The summed E-state index contributed by atoms with van der Waals surface area (Å²) in [5.74, 6) is 1.87. The van der Waals surface area contributed by atoms with Crippen LogP contribution in [0.5, 0.6) is 0 Å². The van der Waals surface area contributed by atoms with E-state index < -0.39 is 0 Å². The number of hydrogen-bond donors (Lipinski definition) is 1. The molecule has 2 bridgehead atoms. The molecule has 1 N–H and O–H groups in total. The number of aromatic nitrogens is 1. The van der Waals surface area contributed by atoms with E-state index in [4.69, 9.17) is 4.42 Å². The molecule has 1 aliphatic carbocycles. The van der Waals surface area contributed by atoms with Gasteiger partial charge in [-0.15, -0.1) is 0 Å². The predicted octanol–water partition coefficient (Wildman–Crippen LogP) is 2.53. The third-order valence-electron chi connectivity index (χ3n) is 5.58. The maximum Gasteiger partial charge on any atom is 0.253 e. The summed E-state index contributed by atoms with van der Waals surface area (Å²) >= 11 is 0. The zero-order valence-electron chi connectivity index (χ0n) is 13.1. The van der Waals surface area contributed by atoms with E-state index in [9.17, 15) is 4.79 Å². The third kappa shape index (κ3) is 2.34. The van der Waals surface area contributed by atoms with Crippen LogP contribution in [0.15, 0.2) is 22.6 Å². The van der Waals surface area contributed by atoms with Gasteiger partial charge in [0, 0.05) is 18.5 Å². The van der Waals surface area contributed by atoms with Crippen molar-refractivity contribution in [3.8, 4) is 0 Å². The highest BCUT2D eigenvalue weighted by Crippen LogP contribution is 2.40. The SMILES string of the molecule is O=C(NC1CN2CCC1CC2)c1cccc2oc(C3CC3)nc12. The highest BCUT2D eigenvalue weighted by atomic mass is 16.3. The summed E-state index contributed by atoms with van der Waals surface area (Å²) in [6, 6.07) is 5.92. The van der Waals surface area contributed by atoms with Crippen molar-refractivity contribution < 1.29 is 9.21 Å². The van der Waals surface area contributed by atoms with Crippen LogP contribution in [-0.4, -0.2) is 41.5 Å². The van der Waals surface area contributed by atoms with Crippen LogP contribution in [0.2, 0.25) is 0 Å². The van der Waals surface area contributed by atoms with Gasteiger partial charge in [-0.3, -0.25) is 4.79 Å². The Morgan fingerprint density at radius 3 is 2.74 bits per heavy atom. The molecule has 3 aliphatic heterocycles. The van der Waals surface area contributed by atoms with E-state index in [0.29, 0.717) is 22.9 Å². The number of carbonyl (C=O) groups is 1. The number of oxazole rings is 1. The van der Waals surface area contributed by atoms with Gasteiger partial charge < -0.3 is 14.6 Å². The van der Waals surface area contributed by atoms with E-state index in [0.717, 1.165) is 30.9 Å². The van der Waals surface area contributed by atoms with Crippen LogP contribution in [0.4, 0.5) is 0 Å². The molecular formula is C18H21N3O2. The van der Waals surface area contributed by atoms with Crippen LogP contribution in [0.1, 0.15) is 47.8 Å². The fraction of sp³-hybridized carbons (Fsp3) is 0.556. The molecule has 1 saturated carbocycles. The van der Waals surface area contributed by atoms with E-state index in [2.05, 4.69) is 15.2 Å². The first-order valence-corrected chi connectivity index (χ1v) is 8.70. The Morgan fingerprint density at radius 2 is 2.04 bits per heavy atom. The van der Waals surface area contributed by atoms with Gasteiger partial charge in [-0.25, -0.2) is 4.98 Å². The lowest BCUT2D eigenvalue weighted by atomic mass is 9.84. The molecule has 1 amide bonds. The van der Waals surface area contributed by atoms with Crippen LogP contribution in [0.25, 0.3) is 11.1 Å². The Balaban J connectivity index is 1.42. The van der Waals surface area contributed by atoms with Crippen LogP contribution < -0.4 is 5.32 Å². The summed E-state index contributed by atoms with van der Waals surface area (Å²) in [6.07, 6.45) is 4.69. The van der Waals surface area contributed by atoms with Gasteiger partial charge in [-0.1, -0.05) is 6.07 Å². The molecule has 1 aromatic carbocycles. The van der Waals surface area contributed by atoms with E-state index in [1.54, 1.807) is 0 Å². The average Bonchev–Trinajstić information content (AvgIpc) is 3.34. The molecule has 23 heavy (non-hydrogen) atoms. The molecule has 6 rings (SSSR count). The number of nitrogens with one attached hydrogen (secondary N) is 1. The minimum Gasteiger partial charge on any atom is -0.440 e. The lowest BCUT2D eigenvalue weighted by Gasteiger charge is -2.44. The number of rotatable bonds is 3. The molecule has 5 heteroatoms. The molecule has 2 aromatic rings. The molecule has 1 unspecified atom stereocenters. The van der Waals surface area contributed by atoms with Gasteiger partial charge >= 0.3 is 0 Å². The van der Waals surface area contributed by atoms with E-state index in [1.807, 2.05) is 18.2 Å². The van der Waals surface area contributed by atoms with Gasteiger partial charge in [0.2, 0.25) is 0 Å². The summed E-state index contributed by atoms with van der Waals surface area (Å²) in [5, 5.41) is 3.25. The lowest BCUT2D eigenvalue weighted by Crippen LogP contribution is -2.57. The Kier molecular flexibility index (Phi) is 2.98. The van der Waals surface area contributed by atoms with Gasteiger partial charge in [-0.05, 0) is 56.8 Å². The largest absolute Gasteiger partial charge is 0.440 e. The third-order valence-corrected chi connectivity index (χ3v) is 5.58.